The SMILES string of the molecule is Nc1c(/C([O-])=N/c2c[n+](-c3ccccc3)no2)sc2nc3c(cc12)CC(c1ccccc1)CC3. The molecule has 1 aliphatic rings. The number of hydrogen-bond donors (Lipinski definition) is 1. The van der Waals surface area contributed by atoms with Gasteiger partial charge in [-0.25, -0.2) is 9.98 Å². The van der Waals surface area contributed by atoms with Crippen molar-refractivity contribution < 1.29 is 14.3 Å². The molecular weight excluding hydrogens is 446 g/mol. The molecule has 6 rings (SSSR count). The van der Waals surface area contributed by atoms with Crippen molar-refractivity contribution in [1.29, 1.82) is 0 Å². The maximum atomic E-state index is 12.9. The molecule has 0 radical (unpaired) electrons. The van der Waals surface area contributed by atoms with E-state index in [4.69, 9.17) is 15.2 Å². The van der Waals surface area contributed by atoms with Crippen LogP contribution in [0.2, 0.25) is 0 Å². The van der Waals surface area contributed by atoms with Crippen molar-refractivity contribution in [3.63, 3.8) is 0 Å². The summed E-state index contributed by atoms with van der Waals surface area (Å²) in [7, 11) is 0. The van der Waals surface area contributed by atoms with Crippen LogP contribution in [0.1, 0.15) is 34.0 Å². The van der Waals surface area contributed by atoms with Crippen LogP contribution in [0.3, 0.4) is 0 Å². The fourth-order valence-corrected chi connectivity index (χ4v) is 5.48. The van der Waals surface area contributed by atoms with Gasteiger partial charge in [0.15, 0.2) is 0 Å². The van der Waals surface area contributed by atoms with Crippen molar-refractivity contribution in [2.75, 3.05) is 5.73 Å². The molecule has 8 heteroatoms. The quantitative estimate of drug-likeness (QED) is 0.246. The molecule has 0 saturated heterocycles. The lowest BCUT2D eigenvalue weighted by Gasteiger charge is -2.24. The lowest BCUT2D eigenvalue weighted by Crippen LogP contribution is -2.30. The summed E-state index contributed by atoms with van der Waals surface area (Å²) in [6.45, 7) is 0. The van der Waals surface area contributed by atoms with Crippen molar-refractivity contribution >= 4 is 39.0 Å². The number of pyridine rings is 1. The average molecular weight is 468 g/mol. The molecule has 7 nitrogen and oxygen atoms in total. The molecule has 0 fully saturated rings. The minimum absolute atomic E-state index is 0.115. The summed E-state index contributed by atoms with van der Waals surface area (Å²) >= 11 is 1.28. The first-order valence-corrected chi connectivity index (χ1v) is 11.9. The number of para-hydroxylation sites is 1. The third-order valence-corrected chi connectivity index (χ3v) is 7.34. The number of nitrogen functional groups attached to an aromatic ring is 1. The van der Waals surface area contributed by atoms with Crippen LogP contribution in [0.5, 0.6) is 0 Å². The Morgan fingerprint density at radius 1 is 1.12 bits per heavy atom. The third kappa shape index (κ3) is 3.72. The highest BCUT2D eigenvalue weighted by Gasteiger charge is 2.23. The van der Waals surface area contributed by atoms with E-state index in [1.165, 1.54) is 27.1 Å². The predicted molar refractivity (Wildman–Crippen MR) is 129 cm³/mol. The Hall–Kier alpha value is -4.04. The Morgan fingerprint density at radius 3 is 2.68 bits per heavy atom. The van der Waals surface area contributed by atoms with Crippen LogP contribution in [-0.4, -0.2) is 16.2 Å². The van der Waals surface area contributed by atoms with Crippen LogP contribution >= 0.6 is 11.3 Å². The summed E-state index contributed by atoms with van der Waals surface area (Å²) in [5.41, 5.74) is 11.3. The van der Waals surface area contributed by atoms with Gasteiger partial charge < -0.3 is 10.8 Å². The number of aliphatic imine (C=N–C) groups is 1. The highest BCUT2D eigenvalue weighted by atomic mass is 32.1. The number of nitrogens with two attached hydrogens (primary N) is 1. The molecule has 0 saturated carbocycles. The van der Waals surface area contributed by atoms with E-state index in [1.807, 2.05) is 36.4 Å². The normalized spacial score (nSPS) is 16.0. The second kappa shape index (κ2) is 8.39. The Kier molecular flexibility index (Phi) is 5.07. The topological polar surface area (TPSA) is 104 Å². The van der Waals surface area contributed by atoms with Crippen molar-refractivity contribution in [3.8, 4) is 5.69 Å². The summed E-state index contributed by atoms with van der Waals surface area (Å²) in [6, 6.07) is 22.2. The van der Waals surface area contributed by atoms with Gasteiger partial charge in [-0.05, 0) is 47.1 Å². The number of aryl methyl sites for hydroxylation is 1. The fraction of sp³-hybridized carbons (Fsp3) is 0.154. The van der Waals surface area contributed by atoms with E-state index in [-0.39, 0.29) is 5.88 Å². The molecule has 168 valence electrons. The monoisotopic (exact) mass is 467 g/mol. The van der Waals surface area contributed by atoms with Crippen LogP contribution in [0.25, 0.3) is 15.9 Å². The zero-order valence-electron chi connectivity index (χ0n) is 18.2. The lowest BCUT2D eigenvalue weighted by molar-refractivity contribution is -0.670. The Morgan fingerprint density at radius 2 is 1.88 bits per heavy atom. The maximum absolute atomic E-state index is 12.9. The number of aromatic nitrogens is 3. The van der Waals surface area contributed by atoms with Gasteiger partial charge in [-0.1, -0.05) is 48.5 Å². The van der Waals surface area contributed by atoms with Gasteiger partial charge in [-0.2, -0.15) is 0 Å². The number of benzene rings is 2. The fourth-order valence-electron chi connectivity index (χ4n) is 4.50. The number of hydrogen-bond acceptors (Lipinski definition) is 7. The number of thiophene rings is 1. The molecule has 1 aliphatic carbocycles. The second-order valence-electron chi connectivity index (χ2n) is 8.38. The summed E-state index contributed by atoms with van der Waals surface area (Å²) in [5, 5.41) is 17.7. The second-order valence-corrected chi connectivity index (χ2v) is 9.38. The maximum Gasteiger partial charge on any atom is 0.321 e. The van der Waals surface area contributed by atoms with Gasteiger partial charge in [-0.3, -0.25) is 4.52 Å². The van der Waals surface area contributed by atoms with E-state index < -0.39 is 5.90 Å². The number of anilines is 1. The van der Waals surface area contributed by atoms with Gasteiger partial charge in [0, 0.05) is 29.1 Å². The highest BCUT2D eigenvalue weighted by molar-refractivity contribution is 7.21. The van der Waals surface area contributed by atoms with E-state index in [9.17, 15) is 5.11 Å². The van der Waals surface area contributed by atoms with Gasteiger partial charge in [0.2, 0.25) is 11.0 Å². The summed E-state index contributed by atoms with van der Waals surface area (Å²) in [5.74, 6) is 0.118. The largest absolute Gasteiger partial charge is 0.857 e. The molecule has 2 aromatic carbocycles. The van der Waals surface area contributed by atoms with E-state index in [2.05, 4.69) is 40.6 Å². The minimum atomic E-state index is -0.461. The first-order chi connectivity index (χ1) is 16.7. The number of nitrogens with zero attached hydrogens (tertiary/aromatic N) is 4. The molecule has 1 unspecified atom stereocenters. The molecule has 0 amide bonds. The van der Waals surface area contributed by atoms with Crippen molar-refractivity contribution in [3.05, 3.63) is 94.6 Å². The Bertz CT molecular complexity index is 1510. The smallest absolute Gasteiger partial charge is 0.321 e. The third-order valence-electron chi connectivity index (χ3n) is 6.24. The zero-order chi connectivity index (χ0) is 23.1. The Balaban J connectivity index is 1.31. The molecule has 0 spiro atoms. The summed E-state index contributed by atoms with van der Waals surface area (Å²) in [6.07, 6.45) is 4.46. The molecular formula is C26H21N5O2S. The molecule has 0 bridgehead atoms. The lowest BCUT2D eigenvalue weighted by atomic mass is 9.82. The summed E-state index contributed by atoms with van der Waals surface area (Å²) < 4.78 is 6.76. The minimum Gasteiger partial charge on any atom is -0.857 e. The molecule has 1 atom stereocenters. The Labute approximate surface area is 199 Å². The first kappa shape index (κ1) is 20.6. The van der Waals surface area contributed by atoms with Crippen LogP contribution in [-0.2, 0) is 12.8 Å². The van der Waals surface area contributed by atoms with Gasteiger partial charge in [0.1, 0.15) is 4.83 Å². The van der Waals surface area contributed by atoms with Gasteiger partial charge in [0.05, 0.1) is 10.6 Å². The van der Waals surface area contributed by atoms with Crippen LogP contribution < -0.4 is 15.5 Å². The van der Waals surface area contributed by atoms with Crippen molar-refractivity contribution in [2.45, 2.75) is 25.2 Å². The molecule has 5 aromatic rings. The molecule has 3 heterocycles. The van der Waals surface area contributed by atoms with Crippen LogP contribution in [0.15, 0.2) is 82.4 Å². The predicted octanol–water partition coefficient (Wildman–Crippen LogP) is 3.85. The number of fused-ring (bicyclic) bond motifs is 2. The molecule has 3 aromatic heterocycles. The van der Waals surface area contributed by atoms with E-state index in [0.717, 1.165) is 40.9 Å². The first-order valence-electron chi connectivity index (χ1n) is 11.1. The summed E-state index contributed by atoms with van der Waals surface area (Å²) in [4.78, 5) is 10.1. The highest BCUT2D eigenvalue weighted by Crippen LogP contribution is 2.38. The van der Waals surface area contributed by atoms with Gasteiger partial charge in [0.25, 0.3) is 6.20 Å². The van der Waals surface area contributed by atoms with Crippen molar-refractivity contribution in [2.24, 2.45) is 4.99 Å². The molecule has 34 heavy (non-hydrogen) atoms. The van der Waals surface area contributed by atoms with Gasteiger partial charge in [-0.15, -0.1) is 11.3 Å². The molecule has 2 N–H and O–H groups in total. The van der Waals surface area contributed by atoms with Gasteiger partial charge >= 0.3 is 5.88 Å². The van der Waals surface area contributed by atoms with E-state index in [0.29, 0.717) is 16.5 Å². The van der Waals surface area contributed by atoms with E-state index in [1.54, 1.807) is 6.20 Å². The molecule has 0 aliphatic heterocycles. The van der Waals surface area contributed by atoms with Crippen LogP contribution in [0.4, 0.5) is 11.6 Å². The zero-order valence-corrected chi connectivity index (χ0v) is 19.0. The van der Waals surface area contributed by atoms with Crippen LogP contribution in [0, 0.1) is 0 Å². The number of rotatable bonds is 4. The standard InChI is InChI=1S/C26H21N5O2S/c27-23-20-14-18-13-17(16-7-3-1-4-8-16)11-12-21(18)28-26(20)34-24(23)25(32)29-22-15-31(30-33-22)19-9-5-2-6-10-19/h1-10,14-15,17H,11-13H2,(H2-,27,29,30,32). The van der Waals surface area contributed by atoms with E-state index >= 15 is 0 Å². The van der Waals surface area contributed by atoms with Crippen molar-refractivity contribution in [1.82, 2.24) is 10.3 Å². The average Bonchev–Trinajstić information content (AvgIpc) is 3.48.